The predicted octanol–water partition coefficient (Wildman–Crippen LogP) is -0.687. The van der Waals surface area contributed by atoms with E-state index < -0.39 is 6.23 Å². The van der Waals surface area contributed by atoms with E-state index in [1.54, 1.807) is 6.92 Å². The highest BCUT2D eigenvalue weighted by Crippen LogP contribution is 1.99. The van der Waals surface area contributed by atoms with Crippen LogP contribution in [0.3, 0.4) is 0 Å². The molecule has 1 rings (SSSR count). The van der Waals surface area contributed by atoms with Crippen LogP contribution in [0.25, 0.3) is 0 Å². The largest absolute Gasteiger partial charge is 0.379 e. The van der Waals surface area contributed by atoms with Crippen LogP contribution in [0.5, 0.6) is 0 Å². The van der Waals surface area contributed by atoms with E-state index in [0.29, 0.717) is 6.04 Å². The zero-order valence-electron chi connectivity index (χ0n) is 4.92. The molecule has 1 atom stereocenters. The maximum absolute atomic E-state index is 8.72. The quantitative estimate of drug-likeness (QED) is 0.470. The van der Waals surface area contributed by atoms with Gasteiger partial charge in [-0.15, -0.1) is 0 Å². The summed E-state index contributed by atoms with van der Waals surface area (Å²) in [4.78, 5) is 0. The third kappa shape index (κ3) is 1.43. The van der Waals surface area contributed by atoms with E-state index in [4.69, 9.17) is 9.84 Å². The monoisotopic (exact) mass is 117 g/mol. The molecule has 8 heavy (non-hydrogen) atoms. The van der Waals surface area contributed by atoms with Crippen molar-refractivity contribution in [1.82, 2.24) is 5.32 Å². The summed E-state index contributed by atoms with van der Waals surface area (Å²) >= 11 is 0. The molecule has 1 aliphatic rings. The molecule has 1 unspecified atom stereocenters. The highest BCUT2D eigenvalue weighted by Gasteiger charge is 2.18. The average Bonchev–Trinajstić information content (AvgIpc) is 1.55. The van der Waals surface area contributed by atoms with Crippen molar-refractivity contribution in [3.8, 4) is 0 Å². The molecule has 0 radical (unpaired) electrons. The topological polar surface area (TPSA) is 41.5 Å². The molecule has 2 N–H and O–H groups in total. The van der Waals surface area contributed by atoms with Gasteiger partial charge in [-0.25, -0.2) is 0 Å². The zero-order chi connectivity index (χ0) is 5.98. The Labute approximate surface area is 48.7 Å². The third-order valence-corrected chi connectivity index (χ3v) is 1.11. The van der Waals surface area contributed by atoms with Gasteiger partial charge in [0.15, 0.2) is 0 Å². The third-order valence-electron chi connectivity index (χ3n) is 1.11. The Hall–Kier alpha value is -0.120. The van der Waals surface area contributed by atoms with Gasteiger partial charge in [-0.3, -0.25) is 5.32 Å². The lowest BCUT2D eigenvalue weighted by Gasteiger charge is -2.28. The molecule has 0 aromatic rings. The van der Waals surface area contributed by atoms with E-state index in [1.165, 1.54) is 0 Å². The fourth-order valence-electron chi connectivity index (χ4n) is 0.673. The second-order valence-electron chi connectivity index (χ2n) is 2.08. The molecule has 0 amide bonds. The van der Waals surface area contributed by atoms with Gasteiger partial charge in [-0.05, 0) is 6.92 Å². The van der Waals surface area contributed by atoms with Gasteiger partial charge in [-0.2, -0.15) is 0 Å². The summed E-state index contributed by atoms with van der Waals surface area (Å²) in [6.45, 7) is 3.19. The Balaban J connectivity index is 2.01. The average molecular weight is 117 g/mol. The molecule has 3 nitrogen and oxygen atoms in total. The molecule has 3 heteroatoms. The Morgan fingerprint density at radius 3 is 2.50 bits per heavy atom. The number of rotatable bonds is 2. The van der Waals surface area contributed by atoms with Crippen LogP contribution in [0.2, 0.25) is 0 Å². The standard InChI is InChI=1S/C5H11NO2/c1-4(7)6-5-2-8-3-5/h4-7H,2-3H2,1H3. The van der Waals surface area contributed by atoms with Crippen LogP contribution < -0.4 is 5.32 Å². The zero-order valence-corrected chi connectivity index (χ0v) is 4.92. The summed E-state index contributed by atoms with van der Waals surface area (Å²) in [5.41, 5.74) is 0. The minimum atomic E-state index is -0.399. The molecule has 1 saturated heterocycles. The molecule has 0 aliphatic carbocycles. The van der Waals surface area contributed by atoms with Crippen LogP contribution in [-0.2, 0) is 4.74 Å². The molecule has 0 spiro atoms. The van der Waals surface area contributed by atoms with Crippen LogP contribution in [0.15, 0.2) is 0 Å². The van der Waals surface area contributed by atoms with Crippen LogP contribution >= 0.6 is 0 Å². The van der Waals surface area contributed by atoms with Gasteiger partial charge in [0.05, 0.1) is 19.3 Å². The predicted molar refractivity (Wildman–Crippen MR) is 29.4 cm³/mol. The minimum Gasteiger partial charge on any atom is -0.379 e. The lowest BCUT2D eigenvalue weighted by Crippen LogP contribution is -2.49. The van der Waals surface area contributed by atoms with Crippen LogP contribution in [0, 0.1) is 0 Å². The maximum atomic E-state index is 8.72. The van der Waals surface area contributed by atoms with Crippen LogP contribution in [0.1, 0.15) is 6.92 Å². The molecule has 48 valence electrons. The van der Waals surface area contributed by atoms with Crippen molar-refractivity contribution in [2.24, 2.45) is 0 Å². The van der Waals surface area contributed by atoms with E-state index in [0.717, 1.165) is 13.2 Å². The SMILES string of the molecule is CC(O)NC1COC1. The first-order chi connectivity index (χ1) is 3.79. The molecule has 0 bridgehead atoms. The minimum absolute atomic E-state index is 0.384. The molecular weight excluding hydrogens is 106 g/mol. The molecule has 1 fully saturated rings. The summed E-state index contributed by atoms with van der Waals surface area (Å²) in [5, 5.41) is 11.6. The van der Waals surface area contributed by atoms with Crippen molar-refractivity contribution in [3.63, 3.8) is 0 Å². The van der Waals surface area contributed by atoms with Crippen molar-refractivity contribution in [2.75, 3.05) is 13.2 Å². The first-order valence-corrected chi connectivity index (χ1v) is 2.81. The van der Waals surface area contributed by atoms with Crippen molar-refractivity contribution < 1.29 is 9.84 Å². The van der Waals surface area contributed by atoms with E-state index >= 15 is 0 Å². The molecule has 0 saturated carbocycles. The second-order valence-corrected chi connectivity index (χ2v) is 2.08. The summed E-state index contributed by atoms with van der Waals surface area (Å²) < 4.78 is 4.86. The van der Waals surface area contributed by atoms with Crippen molar-refractivity contribution >= 4 is 0 Å². The number of aliphatic hydroxyl groups is 1. The molecular formula is C5H11NO2. The summed E-state index contributed by atoms with van der Waals surface area (Å²) in [6.07, 6.45) is -0.399. The van der Waals surface area contributed by atoms with Gasteiger partial charge >= 0.3 is 0 Å². The van der Waals surface area contributed by atoms with E-state index in [9.17, 15) is 0 Å². The number of aliphatic hydroxyl groups excluding tert-OH is 1. The van der Waals surface area contributed by atoms with Gasteiger partial charge in [0, 0.05) is 0 Å². The smallest absolute Gasteiger partial charge is 0.102 e. The maximum Gasteiger partial charge on any atom is 0.102 e. The fourth-order valence-corrected chi connectivity index (χ4v) is 0.673. The Morgan fingerprint density at radius 1 is 1.75 bits per heavy atom. The summed E-state index contributed by atoms with van der Waals surface area (Å²) in [5.74, 6) is 0. The van der Waals surface area contributed by atoms with E-state index in [2.05, 4.69) is 5.32 Å². The molecule has 1 aliphatic heterocycles. The lowest BCUT2D eigenvalue weighted by molar-refractivity contribution is -0.0281. The van der Waals surface area contributed by atoms with Crippen LogP contribution in [-0.4, -0.2) is 30.6 Å². The summed E-state index contributed by atoms with van der Waals surface area (Å²) in [7, 11) is 0. The molecule has 0 aromatic heterocycles. The van der Waals surface area contributed by atoms with E-state index in [1.807, 2.05) is 0 Å². The van der Waals surface area contributed by atoms with Crippen LogP contribution in [0.4, 0.5) is 0 Å². The second kappa shape index (κ2) is 2.44. The van der Waals surface area contributed by atoms with Gasteiger partial charge in [0.2, 0.25) is 0 Å². The summed E-state index contributed by atoms with van der Waals surface area (Å²) in [6, 6.07) is 0.384. The molecule has 0 aromatic carbocycles. The van der Waals surface area contributed by atoms with Gasteiger partial charge in [0.25, 0.3) is 0 Å². The van der Waals surface area contributed by atoms with E-state index in [-0.39, 0.29) is 0 Å². The highest BCUT2D eigenvalue weighted by molar-refractivity contribution is 4.72. The van der Waals surface area contributed by atoms with Gasteiger partial charge in [0.1, 0.15) is 6.23 Å². The Kier molecular flexibility index (Phi) is 1.83. The van der Waals surface area contributed by atoms with Gasteiger partial charge < -0.3 is 9.84 Å². The lowest BCUT2D eigenvalue weighted by atomic mass is 10.2. The number of ether oxygens (including phenoxy) is 1. The highest BCUT2D eigenvalue weighted by atomic mass is 16.5. The molecule has 1 heterocycles. The number of hydrogen-bond donors (Lipinski definition) is 2. The normalized spacial score (nSPS) is 24.8. The Morgan fingerprint density at radius 2 is 2.38 bits per heavy atom. The number of hydrogen-bond acceptors (Lipinski definition) is 3. The van der Waals surface area contributed by atoms with Crippen molar-refractivity contribution in [2.45, 2.75) is 19.2 Å². The first kappa shape index (κ1) is 6.01. The number of nitrogens with one attached hydrogen (secondary N) is 1. The Bertz CT molecular complexity index is 70.8. The fraction of sp³-hybridized carbons (Fsp3) is 1.00. The van der Waals surface area contributed by atoms with Crippen molar-refractivity contribution in [3.05, 3.63) is 0 Å². The first-order valence-electron chi connectivity index (χ1n) is 2.81. The van der Waals surface area contributed by atoms with Gasteiger partial charge in [-0.1, -0.05) is 0 Å². The van der Waals surface area contributed by atoms with Crippen molar-refractivity contribution in [1.29, 1.82) is 0 Å².